The van der Waals surface area contributed by atoms with E-state index in [0.717, 1.165) is 6.26 Å². The molecule has 0 amide bonds. The van der Waals surface area contributed by atoms with E-state index in [2.05, 4.69) is 6.07 Å². The van der Waals surface area contributed by atoms with Crippen LogP contribution in [0.15, 0.2) is 41.3 Å². The zero-order valence-corrected chi connectivity index (χ0v) is 12.0. The molecule has 0 unspecified atom stereocenters. The molecule has 0 N–H and O–H groups in total. The molecule has 2 rings (SSSR count). The van der Waals surface area contributed by atoms with Gasteiger partial charge in [0.05, 0.1) is 15.5 Å². The van der Waals surface area contributed by atoms with E-state index in [1.807, 2.05) is 6.07 Å². The minimum Gasteiger partial charge on any atom is -0.454 e. The fraction of sp³-hybridized carbons (Fsp3) is 0.0714. The summed E-state index contributed by atoms with van der Waals surface area (Å²) in [5.41, 5.74) is 0.118. The lowest BCUT2D eigenvalue weighted by molar-refractivity contribution is 0.480. The summed E-state index contributed by atoms with van der Waals surface area (Å²) >= 11 is 5.95. The van der Waals surface area contributed by atoms with Gasteiger partial charge in [-0.05, 0) is 36.4 Å². The van der Waals surface area contributed by atoms with Crippen LogP contribution in [0.3, 0.4) is 0 Å². The Morgan fingerprint density at radius 2 is 2.05 bits per heavy atom. The van der Waals surface area contributed by atoms with Crippen LogP contribution in [0.4, 0.5) is 0 Å². The zero-order chi connectivity index (χ0) is 14.8. The number of rotatable bonds is 3. The van der Waals surface area contributed by atoms with Gasteiger partial charge in [-0.3, -0.25) is 0 Å². The van der Waals surface area contributed by atoms with Gasteiger partial charge < -0.3 is 4.74 Å². The summed E-state index contributed by atoms with van der Waals surface area (Å²) in [7, 11) is -3.37. The molecule has 2 aromatic rings. The maximum absolute atomic E-state index is 11.4. The predicted molar refractivity (Wildman–Crippen MR) is 74.6 cm³/mol. The number of nitrogens with zero attached hydrogens (tertiary/aromatic N) is 1. The fourth-order valence-electron chi connectivity index (χ4n) is 1.51. The quantitative estimate of drug-likeness (QED) is 0.873. The van der Waals surface area contributed by atoms with E-state index in [1.165, 1.54) is 24.3 Å². The average molecular weight is 307 g/mol. The standard InChI is InChI=1S/C14H9ClNO3S/c1-20(17,18)11-6-7-13(10(8-11)9-16)19-14-5-3-2-4-12(14)15/h2,4-8H,1H3. The Bertz CT molecular complexity index is 794. The summed E-state index contributed by atoms with van der Waals surface area (Å²) in [5, 5.41) is 9.47. The van der Waals surface area contributed by atoms with Crippen LogP contribution in [0.2, 0.25) is 5.02 Å². The molecule has 6 heteroatoms. The van der Waals surface area contributed by atoms with Crippen LogP contribution >= 0.6 is 11.6 Å². The largest absolute Gasteiger partial charge is 0.454 e. The van der Waals surface area contributed by atoms with Crippen LogP contribution in [0.1, 0.15) is 5.56 Å². The Morgan fingerprint density at radius 1 is 1.30 bits per heavy atom. The number of ether oxygens (including phenoxy) is 1. The highest BCUT2D eigenvalue weighted by atomic mass is 35.5. The van der Waals surface area contributed by atoms with Gasteiger partial charge in [-0.2, -0.15) is 5.26 Å². The number of hydrogen-bond acceptors (Lipinski definition) is 4. The maximum Gasteiger partial charge on any atom is 0.175 e. The number of sulfone groups is 1. The summed E-state index contributed by atoms with van der Waals surface area (Å²) in [6, 6.07) is 13.6. The van der Waals surface area contributed by atoms with Crippen molar-refractivity contribution in [2.24, 2.45) is 0 Å². The monoisotopic (exact) mass is 306 g/mol. The Kier molecular flexibility index (Phi) is 3.98. The molecule has 0 aliphatic rings. The van der Waals surface area contributed by atoms with Crippen molar-refractivity contribution in [3.8, 4) is 17.6 Å². The zero-order valence-electron chi connectivity index (χ0n) is 10.4. The highest BCUT2D eigenvalue weighted by Gasteiger charge is 2.13. The summed E-state index contributed by atoms with van der Waals surface area (Å²) in [6.45, 7) is 0. The molecule has 101 valence electrons. The first-order chi connectivity index (χ1) is 9.41. The van der Waals surface area contributed by atoms with E-state index in [4.69, 9.17) is 21.6 Å². The van der Waals surface area contributed by atoms with Crippen LogP contribution in [0.5, 0.6) is 11.5 Å². The molecular formula is C14H9ClNO3S. The Labute approximate surface area is 122 Å². The van der Waals surface area contributed by atoms with E-state index in [1.54, 1.807) is 12.1 Å². The molecule has 0 atom stereocenters. The lowest BCUT2D eigenvalue weighted by atomic mass is 10.2. The molecule has 4 nitrogen and oxygen atoms in total. The second-order valence-electron chi connectivity index (χ2n) is 4.00. The van der Waals surface area contributed by atoms with Gasteiger partial charge in [-0.25, -0.2) is 8.42 Å². The van der Waals surface area contributed by atoms with Crippen LogP contribution in [0.25, 0.3) is 0 Å². The van der Waals surface area contributed by atoms with E-state index < -0.39 is 9.84 Å². The van der Waals surface area contributed by atoms with Crippen molar-refractivity contribution in [2.75, 3.05) is 6.26 Å². The molecule has 0 bridgehead atoms. The summed E-state index contributed by atoms with van der Waals surface area (Å²) in [4.78, 5) is 0.0621. The predicted octanol–water partition coefficient (Wildman–Crippen LogP) is 3.21. The lowest BCUT2D eigenvalue weighted by Crippen LogP contribution is -1.98. The second kappa shape index (κ2) is 5.53. The number of benzene rings is 2. The molecule has 0 spiro atoms. The molecular weight excluding hydrogens is 298 g/mol. The molecule has 20 heavy (non-hydrogen) atoms. The summed E-state index contributed by atoms with van der Waals surface area (Å²) in [6.07, 6.45) is 1.08. The normalized spacial score (nSPS) is 10.8. The van der Waals surface area contributed by atoms with Gasteiger partial charge >= 0.3 is 0 Å². The van der Waals surface area contributed by atoms with E-state index in [-0.39, 0.29) is 16.2 Å². The molecule has 0 saturated carbocycles. The molecule has 1 radical (unpaired) electrons. The molecule has 0 aliphatic carbocycles. The Balaban J connectivity index is 2.44. The molecule has 0 aromatic heterocycles. The third-order valence-electron chi connectivity index (χ3n) is 2.50. The average Bonchev–Trinajstić information content (AvgIpc) is 2.40. The van der Waals surface area contributed by atoms with E-state index in [0.29, 0.717) is 10.8 Å². The first-order valence-corrected chi connectivity index (χ1v) is 7.76. The van der Waals surface area contributed by atoms with Crippen molar-refractivity contribution in [1.82, 2.24) is 0 Å². The molecule has 0 saturated heterocycles. The van der Waals surface area contributed by atoms with Crippen LogP contribution < -0.4 is 4.74 Å². The van der Waals surface area contributed by atoms with Crippen LogP contribution in [-0.4, -0.2) is 14.7 Å². The number of hydrogen-bond donors (Lipinski definition) is 0. The van der Waals surface area contributed by atoms with E-state index in [9.17, 15) is 8.42 Å². The third kappa shape index (κ3) is 3.10. The molecule has 2 aromatic carbocycles. The van der Waals surface area contributed by atoms with Gasteiger partial charge in [0.2, 0.25) is 0 Å². The van der Waals surface area contributed by atoms with Crippen molar-refractivity contribution in [1.29, 1.82) is 5.26 Å². The SMILES string of the molecule is CS(=O)(=O)c1ccc(Oc2c[c]ccc2Cl)c(C#N)c1. The minimum absolute atomic E-state index is 0.0621. The van der Waals surface area contributed by atoms with Crippen molar-refractivity contribution >= 4 is 21.4 Å². The van der Waals surface area contributed by atoms with E-state index >= 15 is 0 Å². The van der Waals surface area contributed by atoms with Gasteiger partial charge in [-0.1, -0.05) is 17.7 Å². The minimum atomic E-state index is -3.37. The van der Waals surface area contributed by atoms with Gasteiger partial charge in [0.15, 0.2) is 9.84 Å². The molecule has 0 heterocycles. The topological polar surface area (TPSA) is 67.2 Å². The van der Waals surface area contributed by atoms with Crippen molar-refractivity contribution in [3.05, 3.63) is 53.1 Å². The summed E-state index contributed by atoms with van der Waals surface area (Å²) in [5.74, 6) is 0.583. The van der Waals surface area contributed by atoms with Crippen molar-refractivity contribution in [2.45, 2.75) is 4.90 Å². The molecule has 0 fully saturated rings. The Morgan fingerprint density at radius 3 is 2.65 bits per heavy atom. The number of halogens is 1. The van der Waals surface area contributed by atoms with Gasteiger partial charge in [-0.15, -0.1) is 0 Å². The highest BCUT2D eigenvalue weighted by Crippen LogP contribution is 2.31. The maximum atomic E-state index is 11.4. The van der Waals surface area contributed by atoms with Gasteiger partial charge in [0.25, 0.3) is 0 Å². The van der Waals surface area contributed by atoms with Crippen molar-refractivity contribution in [3.63, 3.8) is 0 Å². The molecule has 0 aliphatic heterocycles. The van der Waals surface area contributed by atoms with Crippen molar-refractivity contribution < 1.29 is 13.2 Å². The Hall–Kier alpha value is -2.03. The lowest BCUT2D eigenvalue weighted by Gasteiger charge is -2.09. The third-order valence-corrected chi connectivity index (χ3v) is 3.92. The highest BCUT2D eigenvalue weighted by molar-refractivity contribution is 7.90. The smallest absolute Gasteiger partial charge is 0.175 e. The second-order valence-corrected chi connectivity index (χ2v) is 6.42. The first-order valence-electron chi connectivity index (χ1n) is 5.49. The van der Waals surface area contributed by atoms with Gasteiger partial charge in [0, 0.05) is 6.26 Å². The summed E-state index contributed by atoms with van der Waals surface area (Å²) < 4.78 is 28.4. The van der Waals surface area contributed by atoms with Gasteiger partial charge in [0.1, 0.15) is 17.6 Å². The van der Waals surface area contributed by atoms with Crippen LogP contribution in [0, 0.1) is 17.4 Å². The van der Waals surface area contributed by atoms with Crippen LogP contribution in [-0.2, 0) is 9.84 Å². The number of nitriles is 1. The fourth-order valence-corrected chi connectivity index (χ4v) is 2.31. The first kappa shape index (κ1) is 14.4.